The summed E-state index contributed by atoms with van der Waals surface area (Å²) >= 11 is 0. The highest BCUT2D eigenvalue weighted by Crippen LogP contribution is 2.22. The standard InChI is InChI=1S/C13H18FN3O4/c1-3-16-13(2,12(15)18)6-7-21-9-4-5-11(17(19)20)10(14)8-9/h4-5,8,16H,3,6-7H2,1-2H3,(H2,15,18). The van der Waals surface area contributed by atoms with Crippen LogP contribution in [-0.2, 0) is 4.79 Å². The molecule has 1 rings (SSSR count). The topological polar surface area (TPSA) is 107 Å². The summed E-state index contributed by atoms with van der Waals surface area (Å²) in [5.74, 6) is -1.33. The summed E-state index contributed by atoms with van der Waals surface area (Å²) in [5, 5.41) is 13.5. The fourth-order valence-electron chi connectivity index (χ4n) is 1.79. The molecule has 0 spiro atoms. The van der Waals surface area contributed by atoms with Gasteiger partial charge in [-0.3, -0.25) is 14.9 Å². The lowest BCUT2D eigenvalue weighted by atomic mass is 9.97. The summed E-state index contributed by atoms with van der Waals surface area (Å²) in [6, 6.07) is 3.27. The quantitative estimate of drug-likeness (QED) is 0.556. The Bertz CT molecular complexity index is 538. The van der Waals surface area contributed by atoms with Gasteiger partial charge >= 0.3 is 5.69 Å². The average Bonchev–Trinajstić information content (AvgIpc) is 2.38. The molecule has 0 fully saturated rings. The maximum absolute atomic E-state index is 13.4. The Morgan fingerprint density at radius 1 is 1.57 bits per heavy atom. The molecule has 0 heterocycles. The van der Waals surface area contributed by atoms with Crippen LogP contribution in [0.3, 0.4) is 0 Å². The summed E-state index contributed by atoms with van der Waals surface area (Å²) in [5.41, 5.74) is 3.79. The monoisotopic (exact) mass is 299 g/mol. The first-order valence-corrected chi connectivity index (χ1v) is 6.42. The van der Waals surface area contributed by atoms with Crippen molar-refractivity contribution in [2.45, 2.75) is 25.8 Å². The molecule has 0 aromatic heterocycles. The predicted octanol–water partition coefficient (Wildman–Crippen LogP) is 1.36. The predicted molar refractivity (Wildman–Crippen MR) is 74.4 cm³/mol. The number of nitrogens with two attached hydrogens (primary N) is 1. The van der Waals surface area contributed by atoms with Crippen molar-refractivity contribution in [1.29, 1.82) is 0 Å². The zero-order valence-corrected chi connectivity index (χ0v) is 11.9. The van der Waals surface area contributed by atoms with Gasteiger partial charge < -0.3 is 15.8 Å². The molecule has 0 bridgehead atoms. The zero-order valence-electron chi connectivity index (χ0n) is 11.9. The molecule has 0 saturated heterocycles. The molecular weight excluding hydrogens is 281 g/mol. The smallest absolute Gasteiger partial charge is 0.305 e. The lowest BCUT2D eigenvalue weighted by Gasteiger charge is -2.26. The van der Waals surface area contributed by atoms with Crippen molar-refractivity contribution in [2.24, 2.45) is 5.73 Å². The molecule has 1 atom stereocenters. The first kappa shape index (κ1) is 16.8. The second-order valence-electron chi connectivity index (χ2n) is 4.70. The Kier molecular flexibility index (Phi) is 5.60. The van der Waals surface area contributed by atoms with Crippen LogP contribution in [0.2, 0.25) is 0 Å². The van der Waals surface area contributed by atoms with Crippen LogP contribution in [0.15, 0.2) is 18.2 Å². The van der Waals surface area contributed by atoms with E-state index in [4.69, 9.17) is 10.5 Å². The van der Waals surface area contributed by atoms with Crippen molar-refractivity contribution in [3.8, 4) is 5.75 Å². The van der Waals surface area contributed by atoms with Crippen molar-refractivity contribution in [3.63, 3.8) is 0 Å². The van der Waals surface area contributed by atoms with Crippen LogP contribution < -0.4 is 15.8 Å². The van der Waals surface area contributed by atoms with Crippen molar-refractivity contribution < 1.29 is 18.8 Å². The van der Waals surface area contributed by atoms with Gasteiger partial charge in [0.05, 0.1) is 17.1 Å². The molecule has 3 N–H and O–H groups in total. The van der Waals surface area contributed by atoms with Crippen LogP contribution in [0.4, 0.5) is 10.1 Å². The maximum Gasteiger partial charge on any atom is 0.305 e. The first-order valence-electron chi connectivity index (χ1n) is 6.42. The molecule has 116 valence electrons. The molecular formula is C13H18FN3O4. The number of rotatable bonds is 8. The Labute approximate surface area is 121 Å². The van der Waals surface area contributed by atoms with Crippen LogP contribution in [0.1, 0.15) is 20.3 Å². The number of ether oxygens (including phenoxy) is 1. The molecule has 0 aliphatic carbocycles. The first-order chi connectivity index (χ1) is 9.80. The van der Waals surface area contributed by atoms with Gasteiger partial charge in [0.25, 0.3) is 0 Å². The Morgan fingerprint density at radius 3 is 2.71 bits per heavy atom. The van der Waals surface area contributed by atoms with Gasteiger partial charge in [-0.05, 0) is 19.5 Å². The number of primary amides is 1. The highest BCUT2D eigenvalue weighted by atomic mass is 19.1. The fourth-order valence-corrected chi connectivity index (χ4v) is 1.79. The van der Waals surface area contributed by atoms with Gasteiger partial charge in [0, 0.05) is 18.6 Å². The highest BCUT2D eigenvalue weighted by Gasteiger charge is 2.29. The summed E-state index contributed by atoms with van der Waals surface area (Å²) in [6.07, 6.45) is 0.286. The van der Waals surface area contributed by atoms with Crippen LogP contribution in [0, 0.1) is 15.9 Å². The molecule has 0 radical (unpaired) electrons. The minimum Gasteiger partial charge on any atom is -0.493 e. The van der Waals surface area contributed by atoms with E-state index in [1.807, 2.05) is 6.92 Å². The third-order valence-corrected chi connectivity index (χ3v) is 3.10. The average molecular weight is 299 g/mol. The van der Waals surface area contributed by atoms with E-state index < -0.39 is 27.9 Å². The van der Waals surface area contributed by atoms with E-state index in [0.29, 0.717) is 6.54 Å². The third-order valence-electron chi connectivity index (χ3n) is 3.10. The minimum absolute atomic E-state index is 0.115. The number of likely N-dealkylation sites (N-methyl/N-ethyl adjacent to an activating group) is 1. The van der Waals surface area contributed by atoms with E-state index in [1.165, 1.54) is 6.07 Å². The lowest BCUT2D eigenvalue weighted by Crippen LogP contribution is -2.53. The highest BCUT2D eigenvalue weighted by molar-refractivity contribution is 5.84. The normalized spacial score (nSPS) is 13.5. The van der Waals surface area contributed by atoms with E-state index in [0.717, 1.165) is 12.1 Å². The molecule has 21 heavy (non-hydrogen) atoms. The maximum atomic E-state index is 13.4. The van der Waals surface area contributed by atoms with Gasteiger partial charge in [-0.15, -0.1) is 0 Å². The number of halogens is 1. The van der Waals surface area contributed by atoms with Gasteiger partial charge in [0.2, 0.25) is 11.7 Å². The van der Waals surface area contributed by atoms with Crippen molar-refractivity contribution >= 4 is 11.6 Å². The number of nitro benzene ring substituents is 1. The van der Waals surface area contributed by atoms with Gasteiger partial charge in [-0.25, -0.2) is 0 Å². The summed E-state index contributed by atoms with van der Waals surface area (Å²) in [7, 11) is 0. The number of nitrogens with zero attached hydrogens (tertiary/aromatic N) is 1. The number of carbonyl (C=O) groups is 1. The van der Waals surface area contributed by atoms with Crippen LogP contribution in [0.25, 0.3) is 0 Å². The largest absolute Gasteiger partial charge is 0.493 e. The SMILES string of the molecule is CCNC(C)(CCOc1ccc([N+](=O)[O-])c(F)c1)C(N)=O. The second-order valence-corrected chi connectivity index (χ2v) is 4.70. The summed E-state index contributed by atoms with van der Waals surface area (Å²) in [6.45, 7) is 4.17. The molecule has 0 aliphatic heterocycles. The third kappa shape index (κ3) is 4.38. The molecule has 1 unspecified atom stereocenters. The van der Waals surface area contributed by atoms with Crippen LogP contribution >= 0.6 is 0 Å². The Morgan fingerprint density at radius 2 is 2.24 bits per heavy atom. The number of amides is 1. The van der Waals surface area contributed by atoms with E-state index in [-0.39, 0.29) is 18.8 Å². The molecule has 7 nitrogen and oxygen atoms in total. The second kappa shape index (κ2) is 6.98. The molecule has 1 aromatic rings. The zero-order chi connectivity index (χ0) is 16.0. The van der Waals surface area contributed by atoms with Crippen molar-refractivity contribution in [1.82, 2.24) is 5.32 Å². The number of benzene rings is 1. The molecule has 1 aromatic carbocycles. The number of nitro groups is 1. The van der Waals surface area contributed by atoms with Crippen molar-refractivity contribution in [2.75, 3.05) is 13.2 Å². The van der Waals surface area contributed by atoms with E-state index in [2.05, 4.69) is 5.32 Å². The molecule has 0 aliphatic rings. The summed E-state index contributed by atoms with van der Waals surface area (Å²) in [4.78, 5) is 21.1. The van der Waals surface area contributed by atoms with Gasteiger partial charge in [0.1, 0.15) is 5.75 Å². The lowest BCUT2D eigenvalue weighted by molar-refractivity contribution is -0.387. The molecule has 1 amide bonds. The van der Waals surface area contributed by atoms with Gasteiger partial charge in [0.15, 0.2) is 0 Å². The van der Waals surface area contributed by atoms with E-state index >= 15 is 0 Å². The number of hydrogen-bond acceptors (Lipinski definition) is 5. The Balaban J connectivity index is 2.65. The fraction of sp³-hybridized carbons (Fsp3) is 0.462. The van der Waals surface area contributed by atoms with Crippen LogP contribution in [0.5, 0.6) is 5.75 Å². The minimum atomic E-state index is -0.971. The van der Waals surface area contributed by atoms with Gasteiger partial charge in [-0.2, -0.15) is 4.39 Å². The molecule has 0 saturated carbocycles. The van der Waals surface area contributed by atoms with Crippen LogP contribution in [-0.4, -0.2) is 29.5 Å². The van der Waals surface area contributed by atoms with Gasteiger partial charge in [-0.1, -0.05) is 6.92 Å². The summed E-state index contributed by atoms with van der Waals surface area (Å²) < 4.78 is 18.7. The number of hydrogen-bond donors (Lipinski definition) is 2. The Hall–Kier alpha value is -2.22. The number of nitrogens with one attached hydrogen (secondary N) is 1. The molecule has 8 heteroatoms. The van der Waals surface area contributed by atoms with E-state index in [9.17, 15) is 19.3 Å². The van der Waals surface area contributed by atoms with Crippen molar-refractivity contribution in [3.05, 3.63) is 34.1 Å². The van der Waals surface area contributed by atoms with E-state index in [1.54, 1.807) is 6.92 Å². The number of carbonyl (C=O) groups excluding carboxylic acids is 1.